The number of hydrogen-bond donors (Lipinski definition) is 0. The molecule has 0 aliphatic rings. The smallest absolute Gasteiger partial charge is 0.152 e. The minimum absolute atomic E-state index is 0.0413. The van der Waals surface area contributed by atoms with Gasteiger partial charge in [0, 0.05) is 0 Å². The van der Waals surface area contributed by atoms with Crippen molar-refractivity contribution in [2.24, 2.45) is 0 Å². The second-order valence-electron chi connectivity index (χ2n) is 3.93. The molecular weight excluding hydrogens is 224 g/mol. The third kappa shape index (κ3) is 3.59. The number of ether oxygens (including phenoxy) is 1. The van der Waals surface area contributed by atoms with Crippen LogP contribution in [0.15, 0.2) is 60.7 Å². The van der Waals surface area contributed by atoms with Crippen molar-refractivity contribution in [2.45, 2.75) is 6.92 Å². The molecule has 0 N–H and O–H groups in total. The lowest BCUT2D eigenvalue weighted by atomic mass is 10.2. The van der Waals surface area contributed by atoms with Crippen LogP contribution < -0.4 is 4.74 Å². The fraction of sp³-hybridized carbons (Fsp3) is 0.0625. The summed E-state index contributed by atoms with van der Waals surface area (Å²) in [7, 11) is 0. The number of ketones is 1. The van der Waals surface area contributed by atoms with Crippen molar-refractivity contribution >= 4 is 11.9 Å². The number of rotatable bonds is 4. The van der Waals surface area contributed by atoms with Crippen molar-refractivity contribution in [3.05, 3.63) is 66.2 Å². The zero-order chi connectivity index (χ0) is 12.8. The molecule has 2 heteroatoms. The van der Waals surface area contributed by atoms with E-state index in [1.807, 2.05) is 54.6 Å². The molecule has 0 fully saturated rings. The van der Waals surface area contributed by atoms with Gasteiger partial charge in [0.15, 0.2) is 5.78 Å². The number of carbonyl (C=O) groups excluding carboxylic acids is 1. The summed E-state index contributed by atoms with van der Waals surface area (Å²) in [6.07, 6.45) is 3.34. The van der Waals surface area contributed by atoms with Crippen LogP contribution in [0.4, 0.5) is 0 Å². The van der Waals surface area contributed by atoms with Gasteiger partial charge < -0.3 is 4.74 Å². The Balaban J connectivity index is 2.06. The second kappa shape index (κ2) is 5.82. The Labute approximate surface area is 107 Å². The van der Waals surface area contributed by atoms with E-state index in [0.29, 0.717) is 0 Å². The normalized spacial score (nSPS) is 10.5. The van der Waals surface area contributed by atoms with Crippen LogP contribution in [0.1, 0.15) is 12.5 Å². The number of benzene rings is 2. The number of carbonyl (C=O) groups is 1. The SMILES string of the molecule is CC(=O)C=Cc1ccc(Oc2ccccc2)cc1. The van der Waals surface area contributed by atoms with Crippen molar-refractivity contribution in [2.75, 3.05) is 0 Å². The van der Waals surface area contributed by atoms with Gasteiger partial charge in [0.1, 0.15) is 11.5 Å². The Hall–Kier alpha value is -2.35. The number of hydrogen-bond acceptors (Lipinski definition) is 2. The van der Waals surface area contributed by atoms with E-state index in [9.17, 15) is 4.79 Å². The van der Waals surface area contributed by atoms with Gasteiger partial charge >= 0.3 is 0 Å². The summed E-state index contributed by atoms with van der Waals surface area (Å²) in [6.45, 7) is 1.53. The molecule has 0 unspecified atom stereocenters. The molecule has 0 spiro atoms. The van der Waals surface area contributed by atoms with E-state index in [4.69, 9.17) is 4.74 Å². The number of allylic oxidation sites excluding steroid dienone is 1. The Kier molecular flexibility index (Phi) is 3.92. The Morgan fingerprint density at radius 2 is 1.56 bits per heavy atom. The molecule has 0 heterocycles. The molecule has 0 saturated heterocycles. The van der Waals surface area contributed by atoms with Gasteiger partial charge in [-0.15, -0.1) is 0 Å². The van der Waals surface area contributed by atoms with Crippen molar-refractivity contribution in [1.29, 1.82) is 0 Å². The van der Waals surface area contributed by atoms with E-state index in [1.165, 1.54) is 6.92 Å². The molecule has 90 valence electrons. The average Bonchev–Trinajstić information content (AvgIpc) is 2.39. The van der Waals surface area contributed by atoms with Gasteiger partial charge in [-0.2, -0.15) is 0 Å². The minimum atomic E-state index is 0.0413. The topological polar surface area (TPSA) is 26.3 Å². The molecule has 0 aliphatic heterocycles. The highest BCUT2D eigenvalue weighted by Crippen LogP contribution is 2.21. The van der Waals surface area contributed by atoms with Crippen LogP contribution >= 0.6 is 0 Å². The third-order valence-corrected chi connectivity index (χ3v) is 2.37. The van der Waals surface area contributed by atoms with E-state index < -0.39 is 0 Å². The Morgan fingerprint density at radius 3 is 2.17 bits per heavy atom. The Morgan fingerprint density at radius 1 is 0.944 bits per heavy atom. The molecule has 0 radical (unpaired) electrons. The third-order valence-electron chi connectivity index (χ3n) is 2.37. The molecular formula is C16H14O2. The summed E-state index contributed by atoms with van der Waals surface area (Å²) in [5, 5.41) is 0. The van der Waals surface area contributed by atoms with Crippen LogP contribution in [-0.4, -0.2) is 5.78 Å². The van der Waals surface area contributed by atoms with Gasteiger partial charge in [-0.05, 0) is 42.8 Å². The summed E-state index contributed by atoms with van der Waals surface area (Å²) in [5.41, 5.74) is 0.977. The molecule has 18 heavy (non-hydrogen) atoms. The van der Waals surface area contributed by atoms with Crippen LogP contribution in [-0.2, 0) is 4.79 Å². The van der Waals surface area contributed by atoms with Crippen LogP contribution in [0.3, 0.4) is 0 Å². The highest BCUT2D eigenvalue weighted by molar-refractivity contribution is 5.91. The highest BCUT2D eigenvalue weighted by Gasteiger charge is 1.95. The first-order chi connectivity index (χ1) is 8.74. The van der Waals surface area contributed by atoms with Crippen molar-refractivity contribution in [3.63, 3.8) is 0 Å². The van der Waals surface area contributed by atoms with Gasteiger partial charge in [0.2, 0.25) is 0 Å². The molecule has 2 aromatic carbocycles. The summed E-state index contributed by atoms with van der Waals surface area (Å²) in [4.78, 5) is 10.8. The molecule has 0 atom stereocenters. The second-order valence-corrected chi connectivity index (χ2v) is 3.93. The summed E-state index contributed by atoms with van der Waals surface area (Å²) in [5.74, 6) is 1.63. The van der Waals surface area contributed by atoms with E-state index in [1.54, 1.807) is 12.2 Å². The lowest BCUT2D eigenvalue weighted by Crippen LogP contribution is -1.84. The molecule has 0 saturated carbocycles. The van der Waals surface area contributed by atoms with Crippen LogP contribution in [0.5, 0.6) is 11.5 Å². The van der Waals surface area contributed by atoms with Crippen LogP contribution in [0.2, 0.25) is 0 Å². The summed E-state index contributed by atoms with van der Waals surface area (Å²) >= 11 is 0. The minimum Gasteiger partial charge on any atom is -0.457 e. The van der Waals surface area contributed by atoms with Crippen LogP contribution in [0, 0.1) is 0 Å². The van der Waals surface area contributed by atoms with Gasteiger partial charge in [0.05, 0.1) is 0 Å². The molecule has 2 nitrogen and oxygen atoms in total. The highest BCUT2D eigenvalue weighted by atomic mass is 16.5. The zero-order valence-electron chi connectivity index (χ0n) is 10.2. The van der Waals surface area contributed by atoms with Crippen LogP contribution in [0.25, 0.3) is 6.08 Å². The Bertz CT molecular complexity index is 539. The van der Waals surface area contributed by atoms with Gasteiger partial charge in [0.25, 0.3) is 0 Å². The van der Waals surface area contributed by atoms with Gasteiger partial charge in [-0.25, -0.2) is 0 Å². The van der Waals surface area contributed by atoms with Crippen molar-refractivity contribution in [1.82, 2.24) is 0 Å². The average molecular weight is 238 g/mol. The molecule has 0 amide bonds. The first-order valence-electron chi connectivity index (χ1n) is 5.76. The predicted octanol–water partition coefficient (Wildman–Crippen LogP) is 4.08. The molecule has 2 aromatic rings. The van der Waals surface area contributed by atoms with E-state index >= 15 is 0 Å². The van der Waals surface area contributed by atoms with Gasteiger partial charge in [-0.3, -0.25) is 4.79 Å². The molecule has 0 aromatic heterocycles. The van der Waals surface area contributed by atoms with Gasteiger partial charge in [-0.1, -0.05) is 36.4 Å². The van der Waals surface area contributed by atoms with E-state index in [0.717, 1.165) is 17.1 Å². The quantitative estimate of drug-likeness (QED) is 0.750. The fourth-order valence-corrected chi connectivity index (χ4v) is 1.49. The first-order valence-corrected chi connectivity index (χ1v) is 5.76. The first kappa shape index (κ1) is 12.1. The monoisotopic (exact) mass is 238 g/mol. The standard InChI is InChI=1S/C16H14O2/c1-13(17)7-8-14-9-11-16(12-10-14)18-15-5-3-2-4-6-15/h2-12H,1H3. The largest absolute Gasteiger partial charge is 0.457 e. The molecule has 0 bridgehead atoms. The molecule has 0 aliphatic carbocycles. The van der Waals surface area contributed by atoms with E-state index in [-0.39, 0.29) is 5.78 Å². The van der Waals surface area contributed by atoms with E-state index in [2.05, 4.69) is 0 Å². The molecule has 2 rings (SSSR count). The maximum atomic E-state index is 10.8. The maximum Gasteiger partial charge on any atom is 0.152 e. The number of para-hydroxylation sites is 1. The lowest BCUT2D eigenvalue weighted by Gasteiger charge is -2.05. The maximum absolute atomic E-state index is 10.8. The zero-order valence-corrected chi connectivity index (χ0v) is 10.2. The fourth-order valence-electron chi connectivity index (χ4n) is 1.49. The predicted molar refractivity (Wildman–Crippen MR) is 72.7 cm³/mol. The summed E-state index contributed by atoms with van der Waals surface area (Å²) < 4.78 is 5.67. The summed E-state index contributed by atoms with van der Waals surface area (Å²) in [6, 6.07) is 17.2. The lowest BCUT2D eigenvalue weighted by molar-refractivity contribution is -0.112. The van der Waals surface area contributed by atoms with Crippen molar-refractivity contribution < 1.29 is 9.53 Å². The van der Waals surface area contributed by atoms with Crippen molar-refractivity contribution in [3.8, 4) is 11.5 Å².